The normalized spacial score (nSPS) is 26.8. The predicted octanol–water partition coefficient (Wildman–Crippen LogP) is 2.95. The third kappa shape index (κ3) is 2.71. The van der Waals surface area contributed by atoms with Gasteiger partial charge >= 0.3 is 0 Å². The maximum Gasteiger partial charge on any atom is 0.128 e. The third-order valence-corrected chi connectivity index (χ3v) is 4.60. The molecule has 0 spiro atoms. The molecule has 18 heavy (non-hydrogen) atoms. The molecule has 3 atom stereocenters. The van der Waals surface area contributed by atoms with Crippen molar-refractivity contribution in [2.75, 3.05) is 6.61 Å². The second-order valence-electron chi connectivity index (χ2n) is 4.85. The van der Waals surface area contributed by atoms with Gasteiger partial charge in [-0.25, -0.2) is 0 Å². The first-order valence-corrected chi connectivity index (χ1v) is 7.12. The Bertz CT molecular complexity index is 413. The minimum absolute atomic E-state index is 0.0271. The average Bonchev–Trinajstić information content (AvgIpc) is 2.32. The van der Waals surface area contributed by atoms with Crippen LogP contribution in [0.5, 0.6) is 5.75 Å². The Morgan fingerprint density at radius 2 is 1.94 bits per heavy atom. The second-order valence-corrected chi connectivity index (χ2v) is 5.64. The number of halogens is 1. The van der Waals surface area contributed by atoms with E-state index in [1.165, 1.54) is 11.1 Å². The predicted molar refractivity (Wildman–Crippen MR) is 76.0 cm³/mol. The van der Waals surface area contributed by atoms with E-state index in [4.69, 9.17) is 15.2 Å². The van der Waals surface area contributed by atoms with E-state index >= 15 is 0 Å². The molecule has 3 nitrogen and oxygen atoms in total. The zero-order valence-electron chi connectivity index (χ0n) is 11.1. The number of rotatable bonds is 4. The standard InChI is InChI=1S/C14H20BrNO2/c1-4-17-14-11(16)7-12(14)18-10-5-8(2)13(15)9(3)6-10/h5-6,11-12,14H,4,7,16H2,1-3H3. The molecule has 0 radical (unpaired) electrons. The van der Waals surface area contributed by atoms with Gasteiger partial charge in [-0.05, 0) is 44.0 Å². The van der Waals surface area contributed by atoms with E-state index in [0.29, 0.717) is 6.61 Å². The molecule has 0 bridgehead atoms. The smallest absolute Gasteiger partial charge is 0.128 e. The fourth-order valence-electron chi connectivity index (χ4n) is 2.30. The van der Waals surface area contributed by atoms with Crippen molar-refractivity contribution in [3.8, 4) is 5.75 Å². The summed E-state index contributed by atoms with van der Waals surface area (Å²) in [5, 5.41) is 0. The molecule has 0 amide bonds. The SMILES string of the molecule is CCOC1C(N)CC1Oc1cc(C)c(Br)c(C)c1. The highest BCUT2D eigenvalue weighted by Gasteiger charge is 2.41. The first kappa shape index (κ1) is 13.8. The van der Waals surface area contributed by atoms with Gasteiger partial charge in [0.05, 0.1) is 0 Å². The van der Waals surface area contributed by atoms with Crippen LogP contribution in [0.2, 0.25) is 0 Å². The Kier molecular flexibility index (Phi) is 4.30. The minimum atomic E-state index is 0.0271. The second kappa shape index (κ2) is 5.59. The Hall–Kier alpha value is -0.580. The van der Waals surface area contributed by atoms with Crippen molar-refractivity contribution in [1.82, 2.24) is 0 Å². The van der Waals surface area contributed by atoms with Crippen LogP contribution < -0.4 is 10.5 Å². The summed E-state index contributed by atoms with van der Waals surface area (Å²) in [5.41, 5.74) is 8.29. The molecule has 0 aliphatic heterocycles. The Morgan fingerprint density at radius 1 is 1.33 bits per heavy atom. The fraction of sp³-hybridized carbons (Fsp3) is 0.571. The molecule has 1 aromatic carbocycles. The van der Waals surface area contributed by atoms with Gasteiger partial charge in [0, 0.05) is 23.5 Å². The van der Waals surface area contributed by atoms with Gasteiger partial charge in [-0.15, -0.1) is 0 Å². The fourth-order valence-corrected chi connectivity index (χ4v) is 2.53. The van der Waals surface area contributed by atoms with Crippen LogP contribution in [0.15, 0.2) is 16.6 Å². The maximum atomic E-state index is 5.98. The maximum absolute atomic E-state index is 5.98. The van der Waals surface area contributed by atoms with Crippen LogP contribution in [0.1, 0.15) is 24.5 Å². The summed E-state index contributed by atoms with van der Waals surface area (Å²) in [5.74, 6) is 0.898. The quantitative estimate of drug-likeness (QED) is 0.929. The van der Waals surface area contributed by atoms with Gasteiger partial charge in [-0.2, -0.15) is 0 Å². The van der Waals surface area contributed by atoms with Gasteiger partial charge in [-0.1, -0.05) is 15.9 Å². The molecule has 100 valence electrons. The van der Waals surface area contributed by atoms with Crippen molar-refractivity contribution in [2.24, 2.45) is 5.73 Å². The number of nitrogens with two attached hydrogens (primary N) is 1. The zero-order chi connectivity index (χ0) is 13.3. The number of hydrogen-bond donors (Lipinski definition) is 1. The van der Waals surface area contributed by atoms with Gasteiger partial charge in [0.2, 0.25) is 0 Å². The molecule has 1 fully saturated rings. The van der Waals surface area contributed by atoms with E-state index < -0.39 is 0 Å². The van der Waals surface area contributed by atoms with E-state index in [1.807, 2.05) is 19.1 Å². The molecule has 3 unspecified atom stereocenters. The lowest BCUT2D eigenvalue weighted by atomic mass is 9.86. The van der Waals surface area contributed by atoms with E-state index in [2.05, 4.69) is 29.8 Å². The van der Waals surface area contributed by atoms with Crippen molar-refractivity contribution < 1.29 is 9.47 Å². The van der Waals surface area contributed by atoms with Gasteiger partial charge in [-0.3, -0.25) is 0 Å². The zero-order valence-corrected chi connectivity index (χ0v) is 12.7. The first-order chi connectivity index (χ1) is 8.52. The highest BCUT2D eigenvalue weighted by atomic mass is 79.9. The highest BCUT2D eigenvalue weighted by Crippen LogP contribution is 2.31. The lowest BCUT2D eigenvalue weighted by molar-refractivity contribution is -0.0945. The van der Waals surface area contributed by atoms with E-state index in [9.17, 15) is 0 Å². The van der Waals surface area contributed by atoms with Crippen molar-refractivity contribution in [2.45, 2.75) is 45.4 Å². The van der Waals surface area contributed by atoms with Crippen molar-refractivity contribution in [1.29, 1.82) is 0 Å². The Morgan fingerprint density at radius 3 is 2.44 bits per heavy atom. The third-order valence-electron chi connectivity index (χ3n) is 3.35. The average molecular weight is 314 g/mol. The molecular weight excluding hydrogens is 294 g/mol. The first-order valence-electron chi connectivity index (χ1n) is 6.33. The summed E-state index contributed by atoms with van der Waals surface area (Å²) in [4.78, 5) is 0. The van der Waals surface area contributed by atoms with Crippen molar-refractivity contribution >= 4 is 15.9 Å². The van der Waals surface area contributed by atoms with Crippen LogP contribution in [-0.4, -0.2) is 24.9 Å². The highest BCUT2D eigenvalue weighted by molar-refractivity contribution is 9.10. The lowest BCUT2D eigenvalue weighted by Gasteiger charge is -2.41. The molecule has 1 saturated carbocycles. The molecule has 2 rings (SSSR count). The summed E-state index contributed by atoms with van der Waals surface area (Å²) in [6, 6.07) is 4.20. The van der Waals surface area contributed by atoms with Crippen LogP contribution >= 0.6 is 15.9 Å². The number of benzene rings is 1. The topological polar surface area (TPSA) is 44.5 Å². The van der Waals surface area contributed by atoms with Crippen LogP contribution in [0, 0.1) is 13.8 Å². The Balaban J connectivity index is 2.06. The van der Waals surface area contributed by atoms with Crippen molar-refractivity contribution in [3.05, 3.63) is 27.7 Å². The lowest BCUT2D eigenvalue weighted by Crippen LogP contribution is -2.59. The van der Waals surface area contributed by atoms with Crippen LogP contribution in [0.3, 0.4) is 0 Å². The van der Waals surface area contributed by atoms with E-state index in [0.717, 1.165) is 16.6 Å². The molecule has 2 N–H and O–H groups in total. The number of hydrogen-bond acceptors (Lipinski definition) is 3. The monoisotopic (exact) mass is 313 g/mol. The summed E-state index contributed by atoms with van der Waals surface area (Å²) in [6.07, 6.45) is 0.970. The van der Waals surface area contributed by atoms with Crippen LogP contribution in [-0.2, 0) is 4.74 Å². The molecule has 0 saturated heterocycles. The van der Waals surface area contributed by atoms with E-state index in [-0.39, 0.29) is 18.2 Å². The number of ether oxygens (including phenoxy) is 2. The van der Waals surface area contributed by atoms with E-state index in [1.54, 1.807) is 0 Å². The van der Waals surface area contributed by atoms with Gasteiger partial charge in [0.15, 0.2) is 0 Å². The van der Waals surface area contributed by atoms with Crippen molar-refractivity contribution in [3.63, 3.8) is 0 Å². The molecule has 4 heteroatoms. The van der Waals surface area contributed by atoms with Gasteiger partial charge in [0.1, 0.15) is 18.0 Å². The molecule has 0 heterocycles. The molecule has 1 aromatic rings. The summed E-state index contributed by atoms with van der Waals surface area (Å²) < 4.78 is 12.7. The molecule has 1 aliphatic rings. The van der Waals surface area contributed by atoms with Crippen LogP contribution in [0.25, 0.3) is 0 Å². The molecule has 0 aromatic heterocycles. The largest absolute Gasteiger partial charge is 0.488 e. The molecular formula is C14H20BrNO2. The summed E-state index contributed by atoms with van der Waals surface area (Å²) in [7, 11) is 0. The van der Waals surface area contributed by atoms with Crippen LogP contribution in [0.4, 0.5) is 0 Å². The summed E-state index contributed by atoms with van der Waals surface area (Å²) >= 11 is 3.56. The number of aryl methyl sites for hydroxylation is 2. The minimum Gasteiger partial charge on any atom is -0.488 e. The molecule has 1 aliphatic carbocycles. The summed E-state index contributed by atoms with van der Waals surface area (Å²) in [6.45, 7) is 6.79. The van der Waals surface area contributed by atoms with Gasteiger partial charge < -0.3 is 15.2 Å². The Labute approximate surface area is 117 Å². The van der Waals surface area contributed by atoms with Gasteiger partial charge in [0.25, 0.3) is 0 Å².